The van der Waals surface area contributed by atoms with E-state index in [0.717, 1.165) is 23.7 Å². The van der Waals surface area contributed by atoms with E-state index in [4.69, 9.17) is 9.47 Å². The highest BCUT2D eigenvalue weighted by Gasteiger charge is 2.28. The topological polar surface area (TPSA) is 64.6 Å². The molecule has 1 amide bonds. The van der Waals surface area contributed by atoms with Crippen LogP contribution in [0, 0.1) is 0 Å². The summed E-state index contributed by atoms with van der Waals surface area (Å²) >= 11 is 2.17. The average Bonchev–Trinajstić information content (AvgIpc) is 3.07. The molecule has 0 aliphatic heterocycles. The quantitative estimate of drug-likeness (QED) is 0.211. The van der Waals surface area contributed by atoms with Gasteiger partial charge in [-0.05, 0) is 35.1 Å². The minimum Gasteiger partial charge on any atom is -0.465 e. The first kappa shape index (κ1) is 21.6. The van der Waals surface area contributed by atoms with Gasteiger partial charge >= 0.3 is 12.1 Å². The fourth-order valence-electron chi connectivity index (χ4n) is 3.64. The van der Waals surface area contributed by atoms with Crippen LogP contribution in [0.5, 0.6) is 0 Å². The highest BCUT2D eigenvalue weighted by atomic mass is 127. The molecule has 0 aromatic heterocycles. The van der Waals surface area contributed by atoms with E-state index in [2.05, 4.69) is 52.2 Å². The molecule has 0 radical (unpaired) electrons. The number of ether oxygens (including phenoxy) is 2. The SMILES string of the molecule is O=C(CCCCCNC(=O)OCC1c2ccccc2-c2ccccc21)OCCI. The Hall–Kier alpha value is -2.09. The number of amides is 1. The van der Waals surface area contributed by atoms with Gasteiger partial charge in [0.25, 0.3) is 0 Å². The molecule has 5 nitrogen and oxygen atoms in total. The van der Waals surface area contributed by atoms with Crippen LogP contribution in [0.2, 0.25) is 0 Å². The smallest absolute Gasteiger partial charge is 0.407 e. The van der Waals surface area contributed by atoms with Crippen LogP contribution in [0.1, 0.15) is 42.7 Å². The van der Waals surface area contributed by atoms with E-state index in [1.807, 2.05) is 24.3 Å². The van der Waals surface area contributed by atoms with Crippen molar-refractivity contribution in [2.24, 2.45) is 0 Å². The molecule has 0 saturated heterocycles. The van der Waals surface area contributed by atoms with Gasteiger partial charge in [-0.15, -0.1) is 0 Å². The maximum Gasteiger partial charge on any atom is 0.407 e. The van der Waals surface area contributed by atoms with Crippen LogP contribution in [0.4, 0.5) is 4.79 Å². The lowest BCUT2D eigenvalue weighted by Gasteiger charge is -2.14. The number of halogens is 1. The number of alkyl halides is 1. The third kappa shape index (κ3) is 5.95. The van der Waals surface area contributed by atoms with E-state index in [0.29, 0.717) is 26.2 Å². The number of hydrogen-bond donors (Lipinski definition) is 1. The zero-order valence-electron chi connectivity index (χ0n) is 16.4. The fraction of sp³-hybridized carbons (Fsp3) is 0.391. The highest BCUT2D eigenvalue weighted by molar-refractivity contribution is 14.1. The summed E-state index contributed by atoms with van der Waals surface area (Å²) in [5.41, 5.74) is 4.84. The molecule has 0 atom stereocenters. The number of carbonyl (C=O) groups excluding carboxylic acids is 2. The van der Waals surface area contributed by atoms with Crippen LogP contribution >= 0.6 is 22.6 Å². The second kappa shape index (κ2) is 11.2. The van der Waals surface area contributed by atoms with Crippen molar-refractivity contribution < 1.29 is 19.1 Å². The first-order valence-corrected chi connectivity index (χ1v) is 11.5. The number of esters is 1. The number of nitrogens with one attached hydrogen (secondary N) is 1. The number of alkyl carbamates (subject to hydrolysis) is 1. The van der Waals surface area contributed by atoms with Crippen molar-refractivity contribution in [3.63, 3.8) is 0 Å². The Morgan fingerprint density at radius 3 is 2.21 bits per heavy atom. The Balaban J connectivity index is 1.38. The molecule has 1 aliphatic carbocycles. The summed E-state index contributed by atoms with van der Waals surface area (Å²) in [5, 5.41) is 2.80. The van der Waals surface area contributed by atoms with E-state index in [-0.39, 0.29) is 11.9 Å². The van der Waals surface area contributed by atoms with Gasteiger partial charge in [0.05, 0.1) is 0 Å². The van der Waals surface area contributed by atoms with Gasteiger partial charge in [-0.1, -0.05) is 77.5 Å². The van der Waals surface area contributed by atoms with Crippen molar-refractivity contribution in [1.29, 1.82) is 0 Å². The maximum absolute atomic E-state index is 12.1. The van der Waals surface area contributed by atoms with Gasteiger partial charge in [0.2, 0.25) is 0 Å². The van der Waals surface area contributed by atoms with Gasteiger partial charge in [0.1, 0.15) is 13.2 Å². The molecule has 2 aromatic rings. The Morgan fingerprint density at radius 2 is 1.55 bits per heavy atom. The van der Waals surface area contributed by atoms with Gasteiger partial charge in [-0.2, -0.15) is 0 Å². The lowest BCUT2D eigenvalue weighted by atomic mass is 9.98. The summed E-state index contributed by atoms with van der Waals surface area (Å²) in [6, 6.07) is 16.6. The van der Waals surface area contributed by atoms with Gasteiger partial charge in [-0.3, -0.25) is 4.79 Å². The van der Waals surface area contributed by atoms with Crippen molar-refractivity contribution in [3.8, 4) is 11.1 Å². The fourth-order valence-corrected chi connectivity index (χ4v) is 3.86. The van der Waals surface area contributed by atoms with Crippen molar-refractivity contribution in [2.45, 2.75) is 31.6 Å². The standard InChI is InChI=1S/C23H26INO4/c24-13-15-28-22(26)12-2-1-7-14-25-23(27)29-16-21-19-10-5-3-8-17(19)18-9-4-6-11-20(18)21/h3-6,8-11,21H,1-2,7,12-16H2,(H,25,27). The molecule has 3 rings (SSSR count). The third-order valence-corrected chi connectivity index (χ3v) is 5.45. The van der Waals surface area contributed by atoms with Crippen molar-refractivity contribution in [1.82, 2.24) is 5.32 Å². The first-order valence-electron chi connectivity index (χ1n) is 10.0. The minimum absolute atomic E-state index is 0.0710. The zero-order valence-corrected chi connectivity index (χ0v) is 18.5. The van der Waals surface area contributed by atoms with Crippen LogP contribution in [0.15, 0.2) is 48.5 Å². The Labute approximate surface area is 185 Å². The lowest BCUT2D eigenvalue weighted by Crippen LogP contribution is -2.27. The molecule has 1 N–H and O–H groups in total. The average molecular weight is 507 g/mol. The predicted molar refractivity (Wildman–Crippen MR) is 121 cm³/mol. The number of hydrogen-bond acceptors (Lipinski definition) is 4. The van der Waals surface area contributed by atoms with Crippen molar-refractivity contribution >= 4 is 34.7 Å². The molecule has 0 unspecified atom stereocenters. The predicted octanol–water partition coefficient (Wildman–Crippen LogP) is 5.06. The molecule has 0 heterocycles. The molecule has 0 fully saturated rings. The number of unbranched alkanes of at least 4 members (excludes halogenated alkanes) is 2. The molecule has 29 heavy (non-hydrogen) atoms. The van der Waals surface area contributed by atoms with Crippen LogP contribution in [-0.4, -0.2) is 36.2 Å². The monoisotopic (exact) mass is 507 g/mol. The van der Waals surface area contributed by atoms with E-state index in [9.17, 15) is 9.59 Å². The van der Waals surface area contributed by atoms with Crippen LogP contribution in [0.25, 0.3) is 11.1 Å². The summed E-state index contributed by atoms with van der Waals surface area (Å²) in [6.45, 7) is 1.34. The lowest BCUT2D eigenvalue weighted by molar-refractivity contribution is -0.143. The third-order valence-electron chi connectivity index (χ3n) is 5.01. The Bertz CT molecular complexity index is 794. The zero-order chi connectivity index (χ0) is 20.5. The molecule has 0 spiro atoms. The van der Waals surface area contributed by atoms with E-state index >= 15 is 0 Å². The second-order valence-corrected chi connectivity index (χ2v) is 8.05. The van der Waals surface area contributed by atoms with E-state index in [1.165, 1.54) is 22.3 Å². The van der Waals surface area contributed by atoms with E-state index in [1.54, 1.807) is 0 Å². The molecule has 1 aliphatic rings. The summed E-state index contributed by atoms with van der Waals surface area (Å²) in [5.74, 6) is -0.0760. The van der Waals surface area contributed by atoms with Gasteiger partial charge in [0, 0.05) is 23.3 Å². The molecule has 154 valence electrons. The maximum atomic E-state index is 12.1. The van der Waals surface area contributed by atoms with Crippen LogP contribution in [-0.2, 0) is 14.3 Å². The largest absolute Gasteiger partial charge is 0.465 e. The Morgan fingerprint density at radius 1 is 0.897 bits per heavy atom. The molecule has 0 bridgehead atoms. The molecule has 0 saturated carbocycles. The molecule has 6 heteroatoms. The number of fused-ring (bicyclic) bond motifs is 3. The van der Waals surface area contributed by atoms with Gasteiger partial charge < -0.3 is 14.8 Å². The molecule has 2 aromatic carbocycles. The summed E-state index contributed by atoms with van der Waals surface area (Å²) in [6.07, 6.45) is 2.48. The van der Waals surface area contributed by atoms with E-state index < -0.39 is 6.09 Å². The Kier molecular flexibility index (Phi) is 8.34. The second-order valence-electron chi connectivity index (χ2n) is 6.97. The van der Waals surface area contributed by atoms with Crippen LogP contribution in [0.3, 0.4) is 0 Å². The first-order chi connectivity index (χ1) is 14.2. The number of rotatable bonds is 10. The number of carbonyl (C=O) groups is 2. The minimum atomic E-state index is -0.395. The van der Waals surface area contributed by atoms with Crippen LogP contribution < -0.4 is 5.32 Å². The van der Waals surface area contributed by atoms with Gasteiger partial charge in [0.15, 0.2) is 0 Å². The van der Waals surface area contributed by atoms with Crippen molar-refractivity contribution in [3.05, 3.63) is 59.7 Å². The van der Waals surface area contributed by atoms with Gasteiger partial charge in [-0.25, -0.2) is 4.79 Å². The van der Waals surface area contributed by atoms with Crippen molar-refractivity contribution in [2.75, 3.05) is 24.2 Å². The molecular weight excluding hydrogens is 481 g/mol. The summed E-state index contributed by atoms with van der Waals surface area (Å²) in [4.78, 5) is 23.5. The summed E-state index contributed by atoms with van der Waals surface area (Å²) in [7, 11) is 0. The highest BCUT2D eigenvalue weighted by Crippen LogP contribution is 2.44. The molecular formula is C23H26INO4. The normalized spacial score (nSPS) is 12.2. The summed E-state index contributed by atoms with van der Waals surface area (Å²) < 4.78 is 11.3. The number of benzene rings is 2.